The molecule has 4 N–H and O–H groups in total. The topological polar surface area (TPSA) is 217 Å². The molecule has 28 heavy (non-hydrogen) atoms. The highest BCUT2D eigenvalue weighted by Gasteiger charge is 2.30. The van der Waals surface area contributed by atoms with E-state index in [1.165, 1.54) is 0 Å². The Hall–Kier alpha value is 0.340. The second-order valence-corrected chi connectivity index (χ2v) is 15.3. The van der Waals surface area contributed by atoms with E-state index in [1.807, 2.05) is 0 Å². The molecule has 2 unspecified atom stereocenters. The zero-order chi connectivity index (χ0) is 22.2. The first-order valence-electron chi connectivity index (χ1n) is 7.57. The van der Waals surface area contributed by atoms with Crippen molar-refractivity contribution in [3.63, 3.8) is 0 Å². The molecule has 18 heteroatoms. The van der Waals surface area contributed by atoms with Crippen LogP contribution in [0.5, 0.6) is 0 Å². The Balaban J connectivity index is 4.80. The third kappa shape index (κ3) is 15.2. The number of rotatable bonds is 15. The zero-order valence-electron chi connectivity index (χ0n) is 14.3. The molecular weight excluding hydrogens is 505 g/mol. The lowest BCUT2D eigenvalue weighted by Crippen LogP contribution is -2.20. The van der Waals surface area contributed by atoms with E-state index in [-0.39, 0.29) is 38.5 Å². The van der Waals surface area contributed by atoms with Gasteiger partial charge in [-0.3, -0.25) is 18.2 Å². The van der Waals surface area contributed by atoms with Crippen molar-refractivity contribution >= 4 is 62.1 Å². The van der Waals surface area contributed by atoms with Gasteiger partial charge in [0.2, 0.25) is 0 Å². The van der Waals surface area contributed by atoms with Crippen LogP contribution in [-0.2, 0) is 40.5 Å². The molecule has 2 atom stereocenters. The average Bonchev–Trinajstić information content (AvgIpc) is 2.43. The molecule has 0 heterocycles. The molecule has 0 bridgehead atoms. The second kappa shape index (κ2) is 11.7. The Morgan fingerprint density at radius 1 is 0.536 bits per heavy atom. The lowest BCUT2D eigenvalue weighted by atomic mass is 10.3. The van der Waals surface area contributed by atoms with Crippen molar-refractivity contribution in [1.82, 2.24) is 0 Å². The standard InChI is InChI=1S/C10H22O12S6/c11-25(12,13)7-3-1-5-9(27(17,18)19)23-24-10(28(20,21)22)6-2-4-8-26(14,15)16/h9-10H,1-8H2,(H,11,12,13)(H,14,15,16)(H,17,18,19)(H,20,21,22). The van der Waals surface area contributed by atoms with Crippen LogP contribution in [0.3, 0.4) is 0 Å². The number of unbranched alkanes of at least 4 members (excludes halogenated alkanes) is 2. The zero-order valence-corrected chi connectivity index (χ0v) is 19.2. The van der Waals surface area contributed by atoms with Crippen LogP contribution < -0.4 is 0 Å². The molecule has 0 aliphatic carbocycles. The maximum atomic E-state index is 11.4. The van der Waals surface area contributed by atoms with Crippen LogP contribution in [0.4, 0.5) is 0 Å². The lowest BCUT2D eigenvalue weighted by Gasteiger charge is -2.17. The maximum absolute atomic E-state index is 11.4. The van der Waals surface area contributed by atoms with Crippen molar-refractivity contribution in [2.75, 3.05) is 11.5 Å². The summed E-state index contributed by atoms with van der Waals surface area (Å²) in [4.78, 5) is 0. The Morgan fingerprint density at radius 3 is 1.04 bits per heavy atom. The summed E-state index contributed by atoms with van der Waals surface area (Å²) < 4.78 is 121. The molecule has 0 fully saturated rings. The normalized spacial score (nSPS) is 16.0. The largest absolute Gasteiger partial charge is 0.286 e. The van der Waals surface area contributed by atoms with E-state index in [4.69, 9.17) is 9.11 Å². The quantitative estimate of drug-likeness (QED) is 0.132. The second-order valence-electron chi connectivity index (χ2n) is 5.65. The van der Waals surface area contributed by atoms with E-state index >= 15 is 0 Å². The highest BCUT2D eigenvalue weighted by Crippen LogP contribution is 2.39. The summed E-state index contributed by atoms with van der Waals surface area (Å²) in [7, 11) is -16.8. The number of hydrogen-bond acceptors (Lipinski definition) is 10. The fourth-order valence-electron chi connectivity index (χ4n) is 1.81. The third-order valence-corrected chi connectivity index (χ3v) is 12.0. The predicted molar refractivity (Wildman–Crippen MR) is 106 cm³/mol. The first-order chi connectivity index (χ1) is 12.4. The van der Waals surface area contributed by atoms with Crippen molar-refractivity contribution in [2.45, 2.75) is 47.7 Å². The van der Waals surface area contributed by atoms with Crippen molar-refractivity contribution in [2.24, 2.45) is 0 Å². The molecule has 0 aromatic heterocycles. The number of hydrogen-bond donors (Lipinski definition) is 4. The van der Waals surface area contributed by atoms with Gasteiger partial charge in [-0.15, -0.1) is 0 Å². The molecule has 0 rings (SSSR count). The Kier molecular flexibility index (Phi) is 11.8. The van der Waals surface area contributed by atoms with Gasteiger partial charge in [0.1, 0.15) is 9.16 Å². The monoisotopic (exact) mass is 526 g/mol. The molecule has 12 nitrogen and oxygen atoms in total. The molecule has 0 aromatic carbocycles. The van der Waals surface area contributed by atoms with E-state index in [2.05, 4.69) is 0 Å². The fraction of sp³-hybridized carbons (Fsp3) is 1.00. The molecule has 0 saturated heterocycles. The van der Waals surface area contributed by atoms with E-state index in [9.17, 15) is 42.8 Å². The molecule has 0 radical (unpaired) electrons. The van der Waals surface area contributed by atoms with Gasteiger partial charge >= 0.3 is 0 Å². The van der Waals surface area contributed by atoms with E-state index < -0.39 is 61.1 Å². The maximum Gasteiger partial charge on any atom is 0.278 e. The van der Waals surface area contributed by atoms with Gasteiger partial charge in [-0.25, -0.2) is 0 Å². The van der Waals surface area contributed by atoms with Gasteiger partial charge in [-0.1, -0.05) is 34.4 Å². The molecular formula is C10H22O12S6. The Bertz CT molecular complexity index is 813. The summed E-state index contributed by atoms with van der Waals surface area (Å²) in [6, 6.07) is 0. The van der Waals surface area contributed by atoms with Gasteiger partial charge in [0, 0.05) is 0 Å². The van der Waals surface area contributed by atoms with E-state index in [0.717, 1.165) is 0 Å². The van der Waals surface area contributed by atoms with Crippen molar-refractivity contribution in [1.29, 1.82) is 0 Å². The minimum Gasteiger partial charge on any atom is -0.286 e. The average molecular weight is 527 g/mol. The highest BCUT2D eigenvalue weighted by atomic mass is 33.1. The van der Waals surface area contributed by atoms with Crippen LogP contribution >= 0.6 is 21.6 Å². The minimum absolute atomic E-state index is 0.0112. The van der Waals surface area contributed by atoms with E-state index in [0.29, 0.717) is 21.6 Å². The molecule has 170 valence electrons. The van der Waals surface area contributed by atoms with Crippen LogP contribution in [0, 0.1) is 0 Å². The van der Waals surface area contributed by atoms with Crippen LogP contribution in [0.2, 0.25) is 0 Å². The fourth-order valence-corrected chi connectivity index (χ4v) is 9.37. The first kappa shape index (κ1) is 28.3. The summed E-state index contributed by atoms with van der Waals surface area (Å²) in [5.41, 5.74) is 0. The van der Waals surface area contributed by atoms with Gasteiger partial charge in [0.15, 0.2) is 0 Å². The summed E-state index contributed by atoms with van der Waals surface area (Å²) in [5, 5.41) is 0. The van der Waals surface area contributed by atoms with Crippen molar-refractivity contribution in [3.8, 4) is 0 Å². The third-order valence-electron chi connectivity index (χ3n) is 3.12. The summed E-state index contributed by atoms with van der Waals surface area (Å²) in [6.45, 7) is 0. The Labute approximate surface area is 172 Å². The van der Waals surface area contributed by atoms with Crippen LogP contribution in [0.1, 0.15) is 38.5 Å². The molecule has 0 saturated carbocycles. The molecule has 0 spiro atoms. The minimum atomic E-state index is -4.63. The highest BCUT2D eigenvalue weighted by molar-refractivity contribution is 8.79. The molecule has 0 aromatic rings. The van der Waals surface area contributed by atoms with Crippen LogP contribution in [0.25, 0.3) is 0 Å². The van der Waals surface area contributed by atoms with E-state index in [1.54, 1.807) is 0 Å². The SMILES string of the molecule is O=S(=O)(O)CCCCC(SSC(CCCCS(=O)(=O)O)S(=O)(=O)O)S(=O)(=O)O. The van der Waals surface area contributed by atoms with Gasteiger partial charge in [-0.05, 0) is 25.7 Å². The van der Waals surface area contributed by atoms with Gasteiger partial charge < -0.3 is 0 Å². The summed E-state index contributed by atoms with van der Waals surface area (Å²) >= 11 is 0. The van der Waals surface area contributed by atoms with Crippen LogP contribution in [-0.4, -0.2) is 72.6 Å². The molecule has 0 aliphatic rings. The first-order valence-corrected chi connectivity index (χ1v) is 16.1. The molecule has 0 amide bonds. The summed E-state index contributed by atoms with van der Waals surface area (Å²) in [5.74, 6) is -1.21. The van der Waals surface area contributed by atoms with Gasteiger partial charge in [0.05, 0.1) is 11.5 Å². The molecule has 0 aliphatic heterocycles. The Morgan fingerprint density at radius 2 is 0.821 bits per heavy atom. The lowest BCUT2D eigenvalue weighted by molar-refractivity contribution is 0.470. The predicted octanol–water partition coefficient (Wildman–Crippen LogP) is 0.912. The summed E-state index contributed by atoms with van der Waals surface area (Å²) in [6.07, 6.45) is -0.688. The van der Waals surface area contributed by atoms with Gasteiger partial charge in [-0.2, -0.15) is 33.7 Å². The van der Waals surface area contributed by atoms with Crippen LogP contribution in [0.15, 0.2) is 0 Å². The van der Waals surface area contributed by atoms with Crippen molar-refractivity contribution < 1.29 is 51.9 Å². The smallest absolute Gasteiger partial charge is 0.278 e. The van der Waals surface area contributed by atoms with Crippen molar-refractivity contribution in [3.05, 3.63) is 0 Å². The van der Waals surface area contributed by atoms with Gasteiger partial charge in [0.25, 0.3) is 40.5 Å².